The van der Waals surface area contributed by atoms with Crippen molar-refractivity contribution in [1.82, 2.24) is 20.6 Å². The van der Waals surface area contributed by atoms with Crippen LogP contribution >= 0.6 is 0 Å². The first-order valence-electron chi connectivity index (χ1n) is 5.28. The van der Waals surface area contributed by atoms with Crippen molar-refractivity contribution in [2.24, 2.45) is 0 Å². The molecule has 0 aliphatic carbocycles. The van der Waals surface area contributed by atoms with Crippen LogP contribution in [0.3, 0.4) is 0 Å². The topological polar surface area (TPSA) is 66.9 Å². The molecule has 0 radical (unpaired) electrons. The summed E-state index contributed by atoms with van der Waals surface area (Å²) in [5, 5.41) is 6.08. The second-order valence-electron chi connectivity index (χ2n) is 3.63. The van der Waals surface area contributed by atoms with Crippen molar-refractivity contribution < 1.29 is 4.79 Å². The molecule has 1 aromatic rings. The zero-order valence-corrected chi connectivity index (χ0v) is 8.94. The minimum Gasteiger partial charge on any atom is -0.348 e. The molecule has 1 aliphatic heterocycles. The second kappa shape index (κ2) is 5.37. The molecular formula is C11H14N4O. The van der Waals surface area contributed by atoms with Gasteiger partial charge in [0.25, 0.3) is 5.91 Å². The predicted molar refractivity (Wildman–Crippen MR) is 59.9 cm³/mol. The predicted octanol–water partition coefficient (Wildman–Crippen LogP) is 0.126. The first-order valence-corrected chi connectivity index (χ1v) is 5.28. The maximum Gasteiger partial charge on any atom is 0.254 e. The van der Waals surface area contributed by atoms with Crippen molar-refractivity contribution in [1.29, 1.82) is 0 Å². The lowest BCUT2D eigenvalue weighted by Crippen LogP contribution is -2.29. The molecule has 5 nitrogen and oxygen atoms in total. The van der Waals surface area contributed by atoms with E-state index in [1.807, 2.05) is 0 Å². The molecule has 16 heavy (non-hydrogen) atoms. The van der Waals surface area contributed by atoms with Gasteiger partial charge in [-0.3, -0.25) is 4.79 Å². The van der Waals surface area contributed by atoms with E-state index >= 15 is 0 Å². The van der Waals surface area contributed by atoms with E-state index in [9.17, 15) is 4.79 Å². The fourth-order valence-corrected chi connectivity index (χ4v) is 1.54. The van der Waals surface area contributed by atoms with Crippen molar-refractivity contribution in [3.63, 3.8) is 0 Å². The maximum atomic E-state index is 11.7. The lowest BCUT2D eigenvalue weighted by molar-refractivity contribution is 0.0956. The first kappa shape index (κ1) is 10.8. The number of aromatic nitrogens is 2. The standard InChI is InChI=1S/C11H14N4O/c16-11(10-6-13-8-14-7-10)15-5-9-1-3-12-4-2-9/h1,6-8,12H,2-5H2,(H,15,16). The van der Waals surface area contributed by atoms with Gasteiger partial charge in [0.2, 0.25) is 0 Å². The van der Waals surface area contributed by atoms with Crippen LogP contribution in [-0.2, 0) is 0 Å². The van der Waals surface area contributed by atoms with E-state index in [2.05, 4.69) is 26.7 Å². The molecule has 5 heteroatoms. The van der Waals surface area contributed by atoms with E-state index in [0.29, 0.717) is 12.1 Å². The average Bonchev–Trinajstić information content (AvgIpc) is 2.38. The highest BCUT2D eigenvalue weighted by atomic mass is 16.1. The molecule has 2 heterocycles. The minimum atomic E-state index is -0.125. The van der Waals surface area contributed by atoms with Crippen LogP contribution in [-0.4, -0.2) is 35.5 Å². The van der Waals surface area contributed by atoms with E-state index in [0.717, 1.165) is 19.5 Å². The molecule has 2 rings (SSSR count). The monoisotopic (exact) mass is 218 g/mol. The molecule has 0 unspecified atom stereocenters. The summed E-state index contributed by atoms with van der Waals surface area (Å²) < 4.78 is 0. The van der Waals surface area contributed by atoms with Gasteiger partial charge in [0.1, 0.15) is 6.33 Å². The minimum absolute atomic E-state index is 0.125. The van der Waals surface area contributed by atoms with Crippen molar-refractivity contribution >= 4 is 5.91 Å². The third kappa shape index (κ3) is 2.87. The van der Waals surface area contributed by atoms with Crippen LogP contribution in [0.15, 0.2) is 30.4 Å². The number of nitrogens with one attached hydrogen (secondary N) is 2. The Morgan fingerprint density at radius 1 is 1.44 bits per heavy atom. The van der Waals surface area contributed by atoms with E-state index in [4.69, 9.17) is 0 Å². The Balaban J connectivity index is 1.86. The van der Waals surface area contributed by atoms with Gasteiger partial charge >= 0.3 is 0 Å². The molecule has 0 saturated heterocycles. The smallest absolute Gasteiger partial charge is 0.254 e. The maximum absolute atomic E-state index is 11.7. The van der Waals surface area contributed by atoms with Crippen molar-refractivity contribution in [2.75, 3.05) is 19.6 Å². The number of amides is 1. The Labute approximate surface area is 94.0 Å². The van der Waals surface area contributed by atoms with Crippen molar-refractivity contribution in [3.8, 4) is 0 Å². The van der Waals surface area contributed by atoms with Crippen LogP contribution in [0.4, 0.5) is 0 Å². The quantitative estimate of drug-likeness (QED) is 0.707. The van der Waals surface area contributed by atoms with Crippen LogP contribution in [0.1, 0.15) is 16.8 Å². The summed E-state index contributed by atoms with van der Waals surface area (Å²) >= 11 is 0. The molecule has 1 aromatic heterocycles. The molecule has 0 atom stereocenters. The first-order chi connectivity index (χ1) is 7.86. The second-order valence-corrected chi connectivity index (χ2v) is 3.63. The van der Waals surface area contributed by atoms with Gasteiger partial charge in [0, 0.05) is 25.5 Å². The lowest BCUT2D eigenvalue weighted by atomic mass is 10.1. The normalized spacial score (nSPS) is 15.4. The van der Waals surface area contributed by atoms with Crippen LogP contribution in [0.25, 0.3) is 0 Å². The van der Waals surface area contributed by atoms with E-state index < -0.39 is 0 Å². The van der Waals surface area contributed by atoms with Gasteiger partial charge in [0.05, 0.1) is 5.56 Å². The van der Waals surface area contributed by atoms with Gasteiger partial charge in [-0.25, -0.2) is 9.97 Å². The van der Waals surface area contributed by atoms with E-state index in [1.54, 1.807) is 0 Å². The van der Waals surface area contributed by atoms with Gasteiger partial charge in [0.15, 0.2) is 0 Å². The van der Waals surface area contributed by atoms with E-state index in [-0.39, 0.29) is 5.91 Å². The number of carbonyl (C=O) groups excluding carboxylic acids is 1. The van der Waals surface area contributed by atoms with Crippen LogP contribution < -0.4 is 10.6 Å². The Bertz CT molecular complexity index is 388. The van der Waals surface area contributed by atoms with E-state index in [1.165, 1.54) is 24.3 Å². The molecule has 0 fully saturated rings. The molecule has 0 spiro atoms. The van der Waals surface area contributed by atoms with Gasteiger partial charge in [-0.1, -0.05) is 11.6 Å². The fraction of sp³-hybridized carbons (Fsp3) is 0.364. The van der Waals surface area contributed by atoms with Crippen LogP contribution in [0, 0.1) is 0 Å². The third-order valence-corrected chi connectivity index (χ3v) is 2.46. The van der Waals surface area contributed by atoms with Crippen LogP contribution in [0.5, 0.6) is 0 Å². The highest BCUT2D eigenvalue weighted by Crippen LogP contribution is 2.02. The highest BCUT2D eigenvalue weighted by Gasteiger charge is 2.07. The Kier molecular flexibility index (Phi) is 3.61. The number of carbonyl (C=O) groups is 1. The molecule has 0 saturated carbocycles. The summed E-state index contributed by atoms with van der Waals surface area (Å²) in [5.41, 5.74) is 1.76. The molecular weight excluding hydrogens is 204 g/mol. The molecule has 1 aliphatic rings. The summed E-state index contributed by atoms with van der Waals surface area (Å²) in [6, 6.07) is 0. The van der Waals surface area contributed by atoms with Crippen molar-refractivity contribution in [3.05, 3.63) is 35.9 Å². The van der Waals surface area contributed by atoms with Gasteiger partial charge < -0.3 is 10.6 Å². The van der Waals surface area contributed by atoms with Crippen LogP contribution in [0.2, 0.25) is 0 Å². The van der Waals surface area contributed by atoms with Gasteiger partial charge in [-0.15, -0.1) is 0 Å². The molecule has 1 amide bonds. The summed E-state index contributed by atoms with van der Waals surface area (Å²) in [4.78, 5) is 19.3. The summed E-state index contributed by atoms with van der Waals surface area (Å²) in [6.07, 6.45) is 7.54. The van der Waals surface area contributed by atoms with Crippen molar-refractivity contribution in [2.45, 2.75) is 6.42 Å². The highest BCUT2D eigenvalue weighted by molar-refractivity contribution is 5.93. The summed E-state index contributed by atoms with van der Waals surface area (Å²) in [7, 11) is 0. The summed E-state index contributed by atoms with van der Waals surface area (Å²) in [5.74, 6) is -0.125. The molecule has 84 valence electrons. The summed E-state index contributed by atoms with van der Waals surface area (Å²) in [6.45, 7) is 2.48. The SMILES string of the molecule is O=C(NCC1=CCNCC1)c1cncnc1. The largest absolute Gasteiger partial charge is 0.348 e. The van der Waals surface area contributed by atoms with Gasteiger partial charge in [-0.05, 0) is 13.0 Å². The fourth-order valence-electron chi connectivity index (χ4n) is 1.54. The molecule has 2 N–H and O–H groups in total. The van der Waals surface area contributed by atoms with Gasteiger partial charge in [-0.2, -0.15) is 0 Å². The Morgan fingerprint density at radius 3 is 2.94 bits per heavy atom. The number of nitrogens with zero attached hydrogens (tertiary/aromatic N) is 2. The Morgan fingerprint density at radius 2 is 2.25 bits per heavy atom. The molecule has 0 bridgehead atoms. The zero-order valence-electron chi connectivity index (χ0n) is 8.94. The average molecular weight is 218 g/mol. The lowest BCUT2D eigenvalue weighted by Gasteiger charge is -2.14. The zero-order chi connectivity index (χ0) is 11.2. The number of hydrogen-bond donors (Lipinski definition) is 2. The molecule has 0 aromatic carbocycles. The third-order valence-electron chi connectivity index (χ3n) is 2.46. The number of rotatable bonds is 3. The number of hydrogen-bond acceptors (Lipinski definition) is 4. The Hall–Kier alpha value is -1.75.